The summed E-state index contributed by atoms with van der Waals surface area (Å²) in [5.74, 6) is 0.885. The van der Waals surface area contributed by atoms with Gasteiger partial charge in [-0.15, -0.1) is 11.3 Å². The number of para-hydroxylation sites is 1. The van der Waals surface area contributed by atoms with Crippen LogP contribution in [0.4, 0.5) is 5.69 Å². The third kappa shape index (κ3) is 4.31. The molecule has 0 radical (unpaired) electrons. The number of hydrogen-bond donors (Lipinski definition) is 2. The Balaban J connectivity index is 1.76. The highest BCUT2D eigenvalue weighted by molar-refractivity contribution is 7.07. The van der Waals surface area contributed by atoms with E-state index in [2.05, 4.69) is 15.4 Å². The Labute approximate surface area is 183 Å². The molecule has 0 atom stereocenters. The largest absolute Gasteiger partial charge is 0.504 e. The highest BCUT2D eigenvalue weighted by Gasteiger charge is 2.18. The first-order valence-electron chi connectivity index (χ1n) is 9.88. The summed E-state index contributed by atoms with van der Waals surface area (Å²) < 4.78 is 12.6. The lowest BCUT2D eigenvalue weighted by molar-refractivity contribution is -0.118. The van der Waals surface area contributed by atoms with Crippen LogP contribution in [0.2, 0.25) is 0 Å². The molecular weight excluding hydrogens is 416 g/mol. The van der Waals surface area contributed by atoms with Crippen LogP contribution in [0.1, 0.15) is 19.4 Å². The minimum Gasteiger partial charge on any atom is -0.504 e. The van der Waals surface area contributed by atoms with Crippen LogP contribution in [0.5, 0.6) is 17.2 Å². The van der Waals surface area contributed by atoms with Gasteiger partial charge in [-0.2, -0.15) is 5.10 Å². The molecular formula is C22H22N4O4S. The number of amides is 1. The van der Waals surface area contributed by atoms with E-state index in [1.165, 1.54) is 11.3 Å². The van der Waals surface area contributed by atoms with E-state index in [-0.39, 0.29) is 18.3 Å². The second kappa shape index (κ2) is 9.05. The molecule has 3 aromatic rings. The molecule has 9 heteroatoms. The minimum absolute atomic E-state index is 0.0128. The van der Waals surface area contributed by atoms with Gasteiger partial charge in [-0.3, -0.25) is 9.79 Å². The van der Waals surface area contributed by atoms with Crippen LogP contribution in [-0.4, -0.2) is 41.7 Å². The lowest BCUT2D eigenvalue weighted by atomic mass is 10.1. The van der Waals surface area contributed by atoms with Gasteiger partial charge >= 0.3 is 0 Å². The molecule has 31 heavy (non-hydrogen) atoms. The van der Waals surface area contributed by atoms with Gasteiger partial charge in [0.25, 0.3) is 5.91 Å². The van der Waals surface area contributed by atoms with Gasteiger partial charge in [0.05, 0.1) is 24.2 Å². The third-order valence-corrected chi connectivity index (χ3v) is 5.38. The first kappa shape index (κ1) is 20.7. The summed E-state index contributed by atoms with van der Waals surface area (Å²) >= 11 is 1.46. The molecule has 0 unspecified atom stereocenters. The molecule has 1 aromatic heterocycles. The number of aromatic hydroxyl groups is 1. The zero-order valence-electron chi connectivity index (χ0n) is 17.2. The summed E-state index contributed by atoms with van der Waals surface area (Å²) in [6.45, 7) is 4.89. The van der Waals surface area contributed by atoms with Crippen molar-refractivity contribution in [2.75, 3.05) is 25.1 Å². The van der Waals surface area contributed by atoms with Crippen molar-refractivity contribution in [3.05, 3.63) is 52.1 Å². The molecule has 4 rings (SSSR count). The fourth-order valence-electron chi connectivity index (χ4n) is 3.13. The van der Waals surface area contributed by atoms with Crippen LogP contribution in [0.3, 0.4) is 0 Å². The van der Waals surface area contributed by atoms with E-state index in [0.29, 0.717) is 40.7 Å². The number of anilines is 1. The Hall–Kier alpha value is -3.59. The van der Waals surface area contributed by atoms with Gasteiger partial charge in [0.1, 0.15) is 5.75 Å². The molecule has 0 fully saturated rings. The van der Waals surface area contributed by atoms with Gasteiger partial charge in [0.15, 0.2) is 18.1 Å². The number of nitrogens with one attached hydrogen (secondary N) is 1. The van der Waals surface area contributed by atoms with E-state index in [9.17, 15) is 9.90 Å². The highest BCUT2D eigenvalue weighted by atomic mass is 32.1. The Morgan fingerprint density at radius 2 is 2.19 bits per heavy atom. The van der Waals surface area contributed by atoms with Crippen molar-refractivity contribution in [3.8, 4) is 28.5 Å². The summed E-state index contributed by atoms with van der Waals surface area (Å²) in [6.07, 6.45) is 1.58. The topological polar surface area (TPSA) is 97.4 Å². The monoisotopic (exact) mass is 438 g/mol. The van der Waals surface area contributed by atoms with Crippen LogP contribution in [-0.2, 0) is 4.79 Å². The number of ether oxygens (including phenoxy) is 2. The van der Waals surface area contributed by atoms with Crippen LogP contribution in [0.25, 0.3) is 11.3 Å². The van der Waals surface area contributed by atoms with Crippen molar-refractivity contribution < 1.29 is 19.4 Å². The maximum Gasteiger partial charge on any atom is 0.262 e. The Morgan fingerprint density at radius 3 is 3.00 bits per heavy atom. The second-order valence-electron chi connectivity index (χ2n) is 6.61. The van der Waals surface area contributed by atoms with E-state index in [0.717, 1.165) is 11.3 Å². The highest BCUT2D eigenvalue weighted by Crippen LogP contribution is 2.33. The molecule has 1 aliphatic heterocycles. The zero-order chi connectivity index (χ0) is 21.8. The first-order valence-corrected chi connectivity index (χ1v) is 10.8. The lowest BCUT2D eigenvalue weighted by Gasteiger charge is -2.18. The normalized spacial score (nSPS) is 13.7. The maximum atomic E-state index is 11.7. The summed E-state index contributed by atoms with van der Waals surface area (Å²) in [5.41, 5.74) is 2.80. The van der Waals surface area contributed by atoms with Crippen LogP contribution < -0.4 is 19.6 Å². The fourth-order valence-corrected chi connectivity index (χ4v) is 4.03. The van der Waals surface area contributed by atoms with Crippen molar-refractivity contribution in [3.63, 3.8) is 0 Å². The SMILES string of the molecule is CCN=c1scc(-c2ccc3c(c2)NC(=O)CO3)n1N=Cc1cccc(OCC)c1O. The molecule has 0 saturated heterocycles. The number of carbonyl (C=O) groups excluding carboxylic acids is 1. The number of aromatic nitrogens is 1. The molecule has 0 spiro atoms. The van der Waals surface area contributed by atoms with E-state index in [1.54, 1.807) is 29.1 Å². The van der Waals surface area contributed by atoms with Gasteiger partial charge in [-0.05, 0) is 44.2 Å². The summed E-state index contributed by atoms with van der Waals surface area (Å²) in [5, 5.41) is 19.8. The van der Waals surface area contributed by atoms with Crippen molar-refractivity contribution in [1.29, 1.82) is 0 Å². The molecule has 160 valence electrons. The molecule has 0 saturated carbocycles. The molecule has 0 aliphatic carbocycles. The quantitative estimate of drug-likeness (QED) is 0.576. The molecule has 1 aliphatic rings. The number of phenols is 1. The van der Waals surface area contributed by atoms with Gasteiger partial charge in [0.2, 0.25) is 4.80 Å². The molecule has 0 bridgehead atoms. The predicted molar refractivity (Wildman–Crippen MR) is 120 cm³/mol. The van der Waals surface area contributed by atoms with Crippen molar-refractivity contribution in [2.24, 2.45) is 10.1 Å². The second-order valence-corrected chi connectivity index (χ2v) is 7.45. The molecule has 2 heterocycles. The molecule has 2 N–H and O–H groups in total. The zero-order valence-corrected chi connectivity index (χ0v) is 18.0. The van der Waals surface area contributed by atoms with Gasteiger partial charge in [-0.1, -0.05) is 6.07 Å². The van der Waals surface area contributed by atoms with Crippen LogP contribution in [0, 0.1) is 0 Å². The molecule has 2 aromatic carbocycles. The Morgan fingerprint density at radius 1 is 1.32 bits per heavy atom. The number of carbonyl (C=O) groups is 1. The third-order valence-electron chi connectivity index (χ3n) is 4.53. The average Bonchev–Trinajstić information content (AvgIpc) is 3.16. The predicted octanol–water partition coefficient (Wildman–Crippen LogP) is 3.45. The van der Waals surface area contributed by atoms with Gasteiger partial charge < -0.3 is 19.9 Å². The average molecular weight is 439 g/mol. The summed E-state index contributed by atoms with van der Waals surface area (Å²) in [4.78, 5) is 16.9. The van der Waals surface area contributed by atoms with E-state index >= 15 is 0 Å². The summed E-state index contributed by atoms with van der Waals surface area (Å²) in [6, 6.07) is 10.9. The Bertz CT molecular complexity index is 1210. The smallest absolute Gasteiger partial charge is 0.262 e. The number of fused-ring (bicyclic) bond motifs is 1. The van der Waals surface area contributed by atoms with Gasteiger partial charge in [-0.25, -0.2) is 4.68 Å². The number of thiazole rings is 1. The van der Waals surface area contributed by atoms with Crippen molar-refractivity contribution in [1.82, 2.24) is 4.68 Å². The van der Waals surface area contributed by atoms with E-state index in [4.69, 9.17) is 9.47 Å². The summed E-state index contributed by atoms with van der Waals surface area (Å²) in [7, 11) is 0. The van der Waals surface area contributed by atoms with Crippen molar-refractivity contribution in [2.45, 2.75) is 13.8 Å². The number of benzene rings is 2. The first-order chi connectivity index (χ1) is 15.1. The van der Waals surface area contributed by atoms with E-state index < -0.39 is 0 Å². The van der Waals surface area contributed by atoms with Gasteiger partial charge in [0, 0.05) is 23.1 Å². The lowest BCUT2D eigenvalue weighted by Crippen LogP contribution is -2.25. The standard InChI is InChI=1S/C22H22N4O4S/c1-3-23-22-26(24-11-15-6-5-7-19(21(15)28)29-4-2)17(13-31-22)14-8-9-18-16(10-14)25-20(27)12-30-18/h5-11,13,28H,3-4,12H2,1-2H3,(H,25,27). The Kier molecular flexibility index (Phi) is 6.03. The number of rotatable bonds is 6. The molecule has 8 nitrogen and oxygen atoms in total. The number of phenolic OH excluding ortho intramolecular Hbond substituents is 1. The van der Waals surface area contributed by atoms with Crippen LogP contribution >= 0.6 is 11.3 Å². The van der Waals surface area contributed by atoms with Crippen molar-refractivity contribution >= 4 is 29.1 Å². The maximum absolute atomic E-state index is 11.7. The minimum atomic E-state index is -0.188. The number of nitrogens with zero attached hydrogens (tertiary/aromatic N) is 3. The molecule has 1 amide bonds. The van der Waals surface area contributed by atoms with E-state index in [1.807, 2.05) is 37.4 Å². The fraction of sp³-hybridized carbons (Fsp3) is 0.227. The van der Waals surface area contributed by atoms with Crippen LogP contribution in [0.15, 0.2) is 51.9 Å². The number of hydrogen-bond acceptors (Lipinski definition) is 7.